The zero-order valence-corrected chi connectivity index (χ0v) is 10.3. The molecule has 2 heterocycles. The first-order chi connectivity index (χ1) is 7.48. The highest BCUT2D eigenvalue weighted by atomic mass is 15.2. The van der Waals surface area contributed by atoms with Gasteiger partial charge in [-0.2, -0.15) is 4.98 Å². The number of aryl methyl sites for hydroxylation is 1. The number of hydrogen-bond donors (Lipinski definition) is 1. The topological polar surface area (TPSA) is 55.0 Å². The van der Waals surface area contributed by atoms with Crippen LogP contribution in [-0.4, -0.2) is 23.1 Å². The van der Waals surface area contributed by atoms with Crippen LogP contribution < -0.4 is 10.6 Å². The van der Waals surface area contributed by atoms with Crippen LogP contribution in [0.2, 0.25) is 0 Å². The van der Waals surface area contributed by atoms with E-state index in [1.807, 2.05) is 6.92 Å². The van der Waals surface area contributed by atoms with Crippen molar-refractivity contribution in [3.63, 3.8) is 0 Å². The summed E-state index contributed by atoms with van der Waals surface area (Å²) >= 11 is 0. The van der Waals surface area contributed by atoms with Gasteiger partial charge in [0.2, 0.25) is 5.95 Å². The first-order valence-electron chi connectivity index (χ1n) is 5.82. The number of rotatable bonds is 1. The SMILES string of the molecule is Cc1cnc(N)nc1N1CCCC(C)(C)C1. The van der Waals surface area contributed by atoms with Crippen LogP contribution in [0.5, 0.6) is 0 Å². The molecule has 1 saturated heterocycles. The lowest BCUT2D eigenvalue weighted by molar-refractivity contribution is 0.292. The molecule has 1 aliphatic rings. The number of aromatic nitrogens is 2. The molecular formula is C12H20N4. The predicted octanol–water partition coefficient (Wildman–Crippen LogP) is 1.99. The molecule has 0 saturated carbocycles. The Morgan fingerprint density at radius 3 is 2.88 bits per heavy atom. The highest BCUT2D eigenvalue weighted by Gasteiger charge is 2.27. The summed E-state index contributed by atoms with van der Waals surface area (Å²) in [5, 5.41) is 0. The summed E-state index contributed by atoms with van der Waals surface area (Å²) in [7, 11) is 0. The number of nitrogen functional groups attached to an aromatic ring is 1. The van der Waals surface area contributed by atoms with Gasteiger partial charge in [-0.25, -0.2) is 4.98 Å². The van der Waals surface area contributed by atoms with Gasteiger partial charge in [0.1, 0.15) is 5.82 Å². The van der Waals surface area contributed by atoms with Crippen molar-refractivity contribution in [2.24, 2.45) is 5.41 Å². The fourth-order valence-corrected chi connectivity index (χ4v) is 2.37. The zero-order chi connectivity index (χ0) is 11.8. The van der Waals surface area contributed by atoms with E-state index in [4.69, 9.17) is 5.73 Å². The number of piperidine rings is 1. The average molecular weight is 220 g/mol. The number of nitrogens with two attached hydrogens (primary N) is 1. The van der Waals surface area contributed by atoms with Gasteiger partial charge >= 0.3 is 0 Å². The highest BCUT2D eigenvalue weighted by molar-refractivity contribution is 5.48. The zero-order valence-electron chi connectivity index (χ0n) is 10.3. The van der Waals surface area contributed by atoms with Crippen LogP contribution in [0.4, 0.5) is 11.8 Å². The lowest BCUT2D eigenvalue weighted by atomic mass is 9.84. The van der Waals surface area contributed by atoms with E-state index >= 15 is 0 Å². The lowest BCUT2D eigenvalue weighted by Gasteiger charge is -2.39. The first kappa shape index (κ1) is 11.2. The van der Waals surface area contributed by atoms with Crippen molar-refractivity contribution in [1.82, 2.24) is 9.97 Å². The Kier molecular flexibility index (Phi) is 2.74. The van der Waals surface area contributed by atoms with E-state index in [0.717, 1.165) is 24.5 Å². The summed E-state index contributed by atoms with van der Waals surface area (Å²) < 4.78 is 0. The maximum absolute atomic E-state index is 5.65. The van der Waals surface area contributed by atoms with E-state index in [1.165, 1.54) is 12.8 Å². The largest absolute Gasteiger partial charge is 0.368 e. The van der Waals surface area contributed by atoms with Gasteiger partial charge in [0.25, 0.3) is 0 Å². The summed E-state index contributed by atoms with van der Waals surface area (Å²) in [4.78, 5) is 10.7. The van der Waals surface area contributed by atoms with Gasteiger partial charge in [-0.05, 0) is 25.2 Å². The second kappa shape index (κ2) is 3.92. The number of nitrogens with zero attached hydrogens (tertiary/aromatic N) is 3. The first-order valence-corrected chi connectivity index (χ1v) is 5.82. The Morgan fingerprint density at radius 2 is 2.19 bits per heavy atom. The molecule has 0 aliphatic carbocycles. The summed E-state index contributed by atoms with van der Waals surface area (Å²) in [6.07, 6.45) is 4.30. The Labute approximate surface area is 96.9 Å². The van der Waals surface area contributed by atoms with Gasteiger partial charge in [-0.15, -0.1) is 0 Å². The van der Waals surface area contributed by atoms with Crippen molar-refractivity contribution < 1.29 is 0 Å². The van der Waals surface area contributed by atoms with Crippen LogP contribution in [0, 0.1) is 12.3 Å². The minimum atomic E-state index is 0.365. The molecule has 0 atom stereocenters. The molecule has 1 aromatic rings. The van der Waals surface area contributed by atoms with E-state index in [2.05, 4.69) is 28.7 Å². The smallest absolute Gasteiger partial charge is 0.221 e. The Balaban J connectivity index is 2.26. The maximum atomic E-state index is 5.65. The molecule has 88 valence electrons. The molecule has 0 radical (unpaired) electrons. The standard InChI is InChI=1S/C12H20N4/c1-9-7-14-11(13)15-10(9)16-6-4-5-12(2,3)8-16/h7H,4-6,8H2,1-3H3,(H2,13,14,15). The van der Waals surface area contributed by atoms with Crippen molar-refractivity contribution in [3.05, 3.63) is 11.8 Å². The van der Waals surface area contributed by atoms with Gasteiger partial charge in [0, 0.05) is 24.8 Å². The van der Waals surface area contributed by atoms with Gasteiger partial charge in [-0.3, -0.25) is 0 Å². The molecule has 4 heteroatoms. The quantitative estimate of drug-likeness (QED) is 0.786. The third kappa shape index (κ3) is 2.26. The van der Waals surface area contributed by atoms with Crippen molar-refractivity contribution in [1.29, 1.82) is 0 Å². The Morgan fingerprint density at radius 1 is 1.44 bits per heavy atom. The fraction of sp³-hybridized carbons (Fsp3) is 0.667. The summed E-state index contributed by atoms with van der Waals surface area (Å²) in [5.74, 6) is 1.37. The molecule has 0 spiro atoms. The third-order valence-corrected chi connectivity index (χ3v) is 3.16. The molecule has 0 unspecified atom stereocenters. The van der Waals surface area contributed by atoms with Crippen LogP contribution in [0.25, 0.3) is 0 Å². The van der Waals surface area contributed by atoms with E-state index < -0.39 is 0 Å². The van der Waals surface area contributed by atoms with E-state index in [9.17, 15) is 0 Å². The number of hydrogen-bond acceptors (Lipinski definition) is 4. The average Bonchev–Trinajstić information content (AvgIpc) is 2.20. The van der Waals surface area contributed by atoms with Crippen molar-refractivity contribution in [3.8, 4) is 0 Å². The van der Waals surface area contributed by atoms with Crippen LogP contribution in [0.15, 0.2) is 6.20 Å². The lowest BCUT2D eigenvalue weighted by Crippen LogP contribution is -2.41. The van der Waals surface area contributed by atoms with Gasteiger partial charge in [0.05, 0.1) is 0 Å². The van der Waals surface area contributed by atoms with Crippen LogP contribution >= 0.6 is 0 Å². The molecule has 2 rings (SSSR count). The van der Waals surface area contributed by atoms with Crippen molar-refractivity contribution in [2.45, 2.75) is 33.6 Å². The molecule has 2 N–H and O–H groups in total. The molecule has 0 aromatic carbocycles. The summed E-state index contributed by atoms with van der Waals surface area (Å²) in [5.41, 5.74) is 7.12. The van der Waals surface area contributed by atoms with Gasteiger partial charge in [-0.1, -0.05) is 13.8 Å². The Bertz CT molecular complexity index is 387. The second-order valence-electron chi connectivity index (χ2n) is 5.42. The van der Waals surface area contributed by atoms with Crippen LogP contribution in [-0.2, 0) is 0 Å². The second-order valence-corrected chi connectivity index (χ2v) is 5.42. The van der Waals surface area contributed by atoms with Crippen LogP contribution in [0.1, 0.15) is 32.3 Å². The molecule has 4 nitrogen and oxygen atoms in total. The predicted molar refractivity (Wildman–Crippen MR) is 66.4 cm³/mol. The molecule has 0 amide bonds. The molecule has 0 bridgehead atoms. The normalized spacial score (nSPS) is 19.8. The fourth-order valence-electron chi connectivity index (χ4n) is 2.37. The summed E-state index contributed by atoms with van der Waals surface area (Å²) in [6, 6.07) is 0. The molecule has 1 aromatic heterocycles. The van der Waals surface area contributed by atoms with E-state index in [0.29, 0.717) is 11.4 Å². The molecule has 1 fully saturated rings. The molecule has 16 heavy (non-hydrogen) atoms. The molecule has 1 aliphatic heterocycles. The van der Waals surface area contributed by atoms with Gasteiger partial charge in [0.15, 0.2) is 0 Å². The Hall–Kier alpha value is -1.32. The molecular weight excluding hydrogens is 200 g/mol. The third-order valence-electron chi connectivity index (χ3n) is 3.16. The number of anilines is 2. The van der Waals surface area contributed by atoms with E-state index in [1.54, 1.807) is 6.20 Å². The maximum Gasteiger partial charge on any atom is 0.221 e. The van der Waals surface area contributed by atoms with Gasteiger partial charge < -0.3 is 10.6 Å². The minimum Gasteiger partial charge on any atom is -0.368 e. The monoisotopic (exact) mass is 220 g/mol. The van der Waals surface area contributed by atoms with E-state index in [-0.39, 0.29) is 0 Å². The van der Waals surface area contributed by atoms with Crippen LogP contribution in [0.3, 0.4) is 0 Å². The minimum absolute atomic E-state index is 0.365. The highest BCUT2D eigenvalue weighted by Crippen LogP contribution is 2.31. The van der Waals surface area contributed by atoms with Crippen molar-refractivity contribution in [2.75, 3.05) is 23.7 Å². The summed E-state index contributed by atoms with van der Waals surface area (Å²) in [6.45, 7) is 8.76. The van der Waals surface area contributed by atoms with Crippen molar-refractivity contribution >= 4 is 11.8 Å².